The van der Waals surface area contributed by atoms with Gasteiger partial charge in [0.05, 0.1) is 23.6 Å². The van der Waals surface area contributed by atoms with E-state index < -0.39 is 53.9 Å². The summed E-state index contributed by atoms with van der Waals surface area (Å²) in [5, 5.41) is 13.6. The Hall–Kier alpha value is -3.54. The van der Waals surface area contributed by atoms with Gasteiger partial charge in [0.2, 0.25) is 11.6 Å². The molecule has 2 rings (SSSR count). The monoisotopic (exact) mass is 545 g/mol. The fourth-order valence-corrected chi connectivity index (χ4v) is 4.61. The number of aliphatic hydroxyl groups is 1. The minimum atomic E-state index is -1.00. The maximum absolute atomic E-state index is 13.2. The fraction of sp³-hybridized carbons (Fsp3) is 0.500. The van der Waals surface area contributed by atoms with Crippen molar-refractivity contribution in [2.24, 2.45) is 23.3 Å². The van der Waals surface area contributed by atoms with Gasteiger partial charge in [0.1, 0.15) is 6.10 Å². The molecule has 0 aromatic carbocycles. The van der Waals surface area contributed by atoms with Crippen molar-refractivity contribution in [3.8, 4) is 0 Å². The first-order chi connectivity index (χ1) is 18.3. The first-order valence-corrected chi connectivity index (χ1v) is 12.6. The largest absolute Gasteiger partial charge is 0.439 e. The van der Waals surface area contributed by atoms with E-state index in [0.29, 0.717) is 12.0 Å². The summed E-state index contributed by atoms with van der Waals surface area (Å²) < 4.78 is 16.4. The molecule has 1 heterocycles. The first-order valence-electron chi connectivity index (χ1n) is 12.6. The Balaban J connectivity index is 2.58. The van der Waals surface area contributed by atoms with E-state index in [-0.39, 0.29) is 34.9 Å². The summed E-state index contributed by atoms with van der Waals surface area (Å²) in [4.78, 5) is 50.1. The van der Waals surface area contributed by atoms with Crippen molar-refractivity contribution >= 4 is 23.6 Å². The maximum atomic E-state index is 13.2. The Kier molecular flexibility index (Phi) is 11.4. The predicted molar refractivity (Wildman–Crippen MR) is 144 cm³/mol. The van der Waals surface area contributed by atoms with Crippen molar-refractivity contribution in [2.75, 3.05) is 14.2 Å². The van der Waals surface area contributed by atoms with Crippen LogP contribution >= 0.6 is 0 Å². The number of Topliss-reactive ketones (excluding diaryl/α,β-unsaturated/α-hetero) is 1. The highest BCUT2D eigenvalue weighted by molar-refractivity contribution is 6.23. The molecule has 0 unspecified atom stereocenters. The molecule has 0 saturated carbocycles. The Morgan fingerprint density at radius 1 is 1.13 bits per heavy atom. The van der Waals surface area contributed by atoms with Crippen LogP contribution in [-0.2, 0) is 28.6 Å². The number of rotatable bonds is 3. The minimum absolute atomic E-state index is 0.104. The molecule has 214 valence electrons. The van der Waals surface area contributed by atoms with E-state index in [1.54, 1.807) is 26.0 Å². The van der Waals surface area contributed by atoms with Gasteiger partial charge in [-0.2, -0.15) is 0 Å². The van der Waals surface area contributed by atoms with Crippen LogP contribution in [0, 0.1) is 11.8 Å². The molecule has 0 spiro atoms. The number of carbonyl (C=O) groups excluding carboxylic acids is 4. The topological polar surface area (TPSA) is 180 Å². The molecule has 0 fully saturated rings. The summed E-state index contributed by atoms with van der Waals surface area (Å²) in [5.74, 6) is -2.37. The van der Waals surface area contributed by atoms with Crippen LogP contribution in [0.1, 0.15) is 40.5 Å². The summed E-state index contributed by atoms with van der Waals surface area (Å²) in [5.41, 5.74) is 11.9. The lowest BCUT2D eigenvalue weighted by atomic mass is 9.85. The smallest absolute Gasteiger partial charge is 0.405 e. The highest BCUT2D eigenvalue weighted by Gasteiger charge is 2.32. The van der Waals surface area contributed by atoms with Crippen LogP contribution in [0.15, 0.2) is 58.5 Å². The third-order valence-corrected chi connectivity index (χ3v) is 6.84. The number of aliphatic hydroxyl groups excluding tert-OH is 1. The second-order valence-electron chi connectivity index (χ2n) is 9.97. The second kappa shape index (κ2) is 14.0. The number of ketones is 2. The van der Waals surface area contributed by atoms with Gasteiger partial charge in [-0.3, -0.25) is 14.4 Å². The maximum Gasteiger partial charge on any atom is 0.405 e. The van der Waals surface area contributed by atoms with Gasteiger partial charge in [0.15, 0.2) is 6.10 Å². The van der Waals surface area contributed by atoms with Crippen LogP contribution in [0.3, 0.4) is 0 Å². The minimum Gasteiger partial charge on any atom is -0.439 e. The van der Waals surface area contributed by atoms with Crippen molar-refractivity contribution in [1.82, 2.24) is 5.32 Å². The van der Waals surface area contributed by atoms with E-state index >= 15 is 0 Å². The molecule has 11 heteroatoms. The Morgan fingerprint density at radius 2 is 1.79 bits per heavy atom. The number of hydrogen-bond donors (Lipinski definition) is 4. The molecule has 6 atom stereocenters. The van der Waals surface area contributed by atoms with Crippen LogP contribution in [0.25, 0.3) is 0 Å². The summed E-state index contributed by atoms with van der Waals surface area (Å²) in [7, 11) is 2.90. The van der Waals surface area contributed by atoms with E-state index in [1.807, 2.05) is 6.92 Å². The standard InChI is InChI=1S/C28H39N3O8/c1-14-10-18-23(29)20(32)13-19(25(18)34)31-27(35)15(2)8-7-9-21(37-5)26(39-28(30)36)17(4)12-16(3)24(33)22(11-14)38-6/h7-9,12-14,16,21-22,24,26,33H,10-11,29H2,1-6H3,(H2,30,36)(H,31,35)/b9-7-,15-8+,17-12+/t14-,16-,21+,22-,24+,26-/m1/s1. The molecule has 1 aliphatic carbocycles. The molecule has 39 heavy (non-hydrogen) atoms. The number of primary amides is 1. The highest BCUT2D eigenvalue weighted by atomic mass is 16.6. The molecule has 11 nitrogen and oxygen atoms in total. The van der Waals surface area contributed by atoms with Crippen molar-refractivity contribution in [3.63, 3.8) is 0 Å². The van der Waals surface area contributed by atoms with Gasteiger partial charge >= 0.3 is 6.09 Å². The van der Waals surface area contributed by atoms with Gasteiger partial charge in [0.25, 0.3) is 5.91 Å². The van der Waals surface area contributed by atoms with Gasteiger partial charge in [-0.1, -0.05) is 38.2 Å². The SMILES string of the molecule is CO[C@H]1/C=C\C=C(/C)C(=O)NC2=CC(=O)C(N)=C(C[C@@H](C)C[C@@H](OC)[C@@H](O)[C@H](C)/C=C(\C)[C@H]1OC(N)=O)C2=O. The third kappa shape index (κ3) is 8.22. The Morgan fingerprint density at radius 3 is 2.38 bits per heavy atom. The number of nitrogens with two attached hydrogens (primary N) is 2. The van der Waals surface area contributed by atoms with Crippen molar-refractivity contribution in [2.45, 2.75) is 65.0 Å². The summed E-state index contributed by atoms with van der Waals surface area (Å²) in [6.45, 7) is 6.89. The van der Waals surface area contributed by atoms with Crippen molar-refractivity contribution in [3.05, 3.63) is 58.5 Å². The average molecular weight is 546 g/mol. The zero-order chi connectivity index (χ0) is 29.4. The highest BCUT2D eigenvalue weighted by Crippen LogP contribution is 2.28. The number of ether oxygens (including phenoxy) is 3. The zero-order valence-electron chi connectivity index (χ0n) is 23.2. The molecule has 0 aromatic rings. The normalized spacial score (nSPS) is 33.3. The van der Waals surface area contributed by atoms with Crippen LogP contribution < -0.4 is 16.8 Å². The number of amides is 2. The molecule has 2 aliphatic rings. The molecule has 0 saturated heterocycles. The third-order valence-electron chi connectivity index (χ3n) is 6.84. The predicted octanol–water partition coefficient (Wildman–Crippen LogP) is 1.72. The van der Waals surface area contributed by atoms with E-state index in [1.165, 1.54) is 33.3 Å². The first kappa shape index (κ1) is 31.7. The van der Waals surface area contributed by atoms with Crippen LogP contribution in [-0.4, -0.2) is 67.3 Å². The lowest BCUT2D eigenvalue weighted by molar-refractivity contribution is -0.120. The van der Waals surface area contributed by atoms with Crippen LogP contribution in [0.5, 0.6) is 0 Å². The molecule has 0 radical (unpaired) electrons. The van der Waals surface area contributed by atoms with E-state index in [4.69, 9.17) is 25.7 Å². The van der Waals surface area contributed by atoms with Gasteiger partial charge in [-0.15, -0.1) is 0 Å². The molecule has 1 aliphatic heterocycles. The summed E-state index contributed by atoms with van der Waals surface area (Å²) >= 11 is 0. The van der Waals surface area contributed by atoms with E-state index in [9.17, 15) is 24.3 Å². The molecular formula is C28H39N3O8. The van der Waals surface area contributed by atoms with Gasteiger partial charge in [0, 0.05) is 37.4 Å². The molecule has 2 amide bonds. The summed E-state index contributed by atoms with van der Waals surface area (Å²) in [6, 6.07) is 0. The number of allylic oxidation sites excluding steroid dienone is 4. The number of fused-ring (bicyclic) bond motifs is 2. The van der Waals surface area contributed by atoms with Crippen LogP contribution in [0.2, 0.25) is 0 Å². The lowest BCUT2D eigenvalue weighted by Crippen LogP contribution is -2.37. The number of hydrogen-bond acceptors (Lipinski definition) is 9. The molecule has 6 N–H and O–H groups in total. The molecular weight excluding hydrogens is 506 g/mol. The van der Waals surface area contributed by atoms with Gasteiger partial charge in [-0.25, -0.2) is 4.79 Å². The van der Waals surface area contributed by atoms with Crippen LogP contribution in [0.4, 0.5) is 4.79 Å². The number of nitrogens with one attached hydrogen (secondary N) is 1. The van der Waals surface area contributed by atoms with Crippen molar-refractivity contribution in [1.29, 1.82) is 0 Å². The molecule has 0 aromatic heterocycles. The van der Waals surface area contributed by atoms with Crippen molar-refractivity contribution < 1.29 is 38.5 Å². The van der Waals surface area contributed by atoms with Gasteiger partial charge in [-0.05, 0) is 38.2 Å². The second-order valence-corrected chi connectivity index (χ2v) is 9.97. The number of carbonyl (C=O) groups is 4. The fourth-order valence-electron chi connectivity index (χ4n) is 4.61. The van der Waals surface area contributed by atoms with Gasteiger partial charge < -0.3 is 36.1 Å². The Bertz CT molecular complexity index is 1130. The van der Waals surface area contributed by atoms with E-state index in [2.05, 4.69) is 5.32 Å². The number of methoxy groups -OCH3 is 2. The van der Waals surface area contributed by atoms with E-state index in [0.717, 1.165) is 6.08 Å². The zero-order valence-corrected chi connectivity index (χ0v) is 23.2. The lowest BCUT2D eigenvalue weighted by Gasteiger charge is -2.29. The Labute approximate surface area is 228 Å². The average Bonchev–Trinajstić information content (AvgIpc) is 2.88. The molecule has 2 bridgehead atoms. The summed E-state index contributed by atoms with van der Waals surface area (Å²) in [6.07, 6.45) is 3.55. The quantitative estimate of drug-likeness (QED) is 0.303.